The van der Waals surface area contributed by atoms with E-state index in [0.29, 0.717) is 19.2 Å². The lowest BCUT2D eigenvalue weighted by Crippen LogP contribution is -2.39. The molecule has 3 heteroatoms. The Labute approximate surface area is 74.9 Å². The molecule has 1 fully saturated rings. The summed E-state index contributed by atoms with van der Waals surface area (Å²) in [7, 11) is 2.18. The normalized spacial score (nSPS) is 26.0. The number of likely N-dealkylation sites (N-methyl/N-ethyl adjacent to an activating group) is 1. The Hall–Kier alpha value is -0.120. The van der Waals surface area contributed by atoms with Crippen molar-refractivity contribution in [1.82, 2.24) is 4.90 Å². The first kappa shape index (κ1) is 9.96. The van der Waals surface area contributed by atoms with Crippen LogP contribution in [0.25, 0.3) is 0 Å². The molecule has 0 saturated carbocycles. The van der Waals surface area contributed by atoms with Crippen LogP contribution in [0.1, 0.15) is 19.3 Å². The van der Waals surface area contributed by atoms with Crippen LogP contribution < -0.4 is 5.73 Å². The zero-order chi connectivity index (χ0) is 8.81. The first-order valence-electron chi connectivity index (χ1n) is 4.82. The van der Waals surface area contributed by atoms with Crippen LogP contribution >= 0.6 is 0 Å². The third-order valence-corrected chi connectivity index (χ3v) is 2.49. The van der Waals surface area contributed by atoms with Gasteiger partial charge in [0.2, 0.25) is 0 Å². The topological polar surface area (TPSA) is 38.5 Å². The van der Waals surface area contributed by atoms with Gasteiger partial charge in [0.25, 0.3) is 0 Å². The second kappa shape index (κ2) is 5.51. The number of likely N-dealkylation sites (tertiary alicyclic amines) is 1. The molecule has 0 radical (unpaired) electrons. The van der Waals surface area contributed by atoms with Crippen molar-refractivity contribution < 1.29 is 4.74 Å². The molecule has 0 bridgehead atoms. The molecule has 72 valence electrons. The summed E-state index contributed by atoms with van der Waals surface area (Å²) in [6.45, 7) is 3.41. The summed E-state index contributed by atoms with van der Waals surface area (Å²) in [5, 5.41) is 0. The van der Waals surface area contributed by atoms with Gasteiger partial charge >= 0.3 is 0 Å². The van der Waals surface area contributed by atoms with E-state index < -0.39 is 0 Å². The second-order valence-electron chi connectivity index (χ2n) is 3.49. The highest BCUT2D eigenvalue weighted by Crippen LogP contribution is 2.14. The molecule has 3 nitrogen and oxygen atoms in total. The van der Waals surface area contributed by atoms with Gasteiger partial charge in [-0.15, -0.1) is 0 Å². The molecule has 1 aliphatic rings. The Morgan fingerprint density at radius 1 is 1.50 bits per heavy atom. The maximum absolute atomic E-state index is 5.43. The lowest BCUT2D eigenvalue weighted by molar-refractivity contribution is 0.0567. The first-order valence-corrected chi connectivity index (χ1v) is 4.82. The molecule has 1 saturated heterocycles. The van der Waals surface area contributed by atoms with E-state index in [1.54, 1.807) is 0 Å². The van der Waals surface area contributed by atoms with Gasteiger partial charge in [-0.25, -0.2) is 0 Å². The van der Waals surface area contributed by atoms with Crippen LogP contribution in [-0.2, 0) is 4.74 Å². The molecular formula is C9H20N2O. The van der Waals surface area contributed by atoms with Crippen LogP contribution in [-0.4, -0.2) is 44.3 Å². The van der Waals surface area contributed by atoms with Crippen LogP contribution in [0.2, 0.25) is 0 Å². The monoisotopic (exact) mass is 172 g/mol. The number of piperidine rings is 1. The van der Waals surface area contributed by atoms with Crippen molar-refractivity contribution in [3.05, 3.63) is 0 Å². The minimum atomic E-state index is 0.630. The smallest absolute Gasteiger partial charge is 0.0622 e. The summed E-state index contributed by atoms with van der Waals surface area (Å²) < 4.78 is 5.43. The predicted molar refractivity (Wildman–Crippen MR) is 50.1 cm³/mol. The molecule has 0 spiro atoms. The van der Waals surface area contributed by atoms with E-state index in [2.05, 4.69) is 11.9 Å². The maximum atomic E-state index is 5.43. The average molecular weight is 172 g/mol. The zero-order valence-electron chi connectivity index (χ0n) is 7.96. The molecule has 1 unspecified atom stereocenters. The van der Waals surface area contributed by atoms with E-state index in [0.717, 1.165) is 6.61 Å². The second-order valence-corrected chi connectivity index (χ2v) is 3.49. The third kappa shape index (κ3) is 3.09. The zero-order valence-corrected chi connectivity index (χ0v) is 7.96. The van der Waals surface area contributed by atoms with Crippen molar-refractivity contribution in [2.24, 2.45) is 5.73 Å². The molecule has 0 aromatic rings. The molecule has 12 heavy (non-hydrogen) atoms. The van der Waals surface area contributed by atoms with Gasteiger partial charge in [0.05, 0.1) is 13.2 Å². The fourth-order valence-electron chi connectivity index (χ4n) is 1.66. The van der Waals surface area contributed by atoms with Crippen molar-refractivity contribution in [2.45, 2.75) is 25.3 Å². The van der Waals surface area contributed by atoms with Crippen molar-refractivity contribution in [2.75, 3.05) is 33.4 Å². The van der Waals surface area contributed by atoms with Crippen LogP contribution in [0.5, 0.6) is 0 Å². The summed E-state index contributed by atoms with van der Waals surface area (Å²) in [6.07, 6.45) is 3.96. The minimum absolute atomic E-state index is 0.630. The van der Waals surface area contributed by atoms with Crippen LogP contribution in [0.3, 0.4) is 0 Å². The largest absolute Gasteiger partial charge is 0.379 e. The van der Waals surface area contributed by atoms with Crippen LogP contribution in [0, 0.1) is 0 Å². The molecule has 1 atom stereocenters. The number of ether oxygens (including phenoxy) is 1. The lowest BCUT2D eigenvalue weighted by Gasteiger charge is -2.32. The van der Waals surface area contributed by atoms with Crippen molar-refractivity contribution in [1.29, 1.82) is 0 Å². The Balaban J connectivity index is 2.11. The van der Waals surface area contributed by atoms with Crippen molar-refractivity contribution >= 4 is 0 Å². The highest BCUT2D eigenvalue weighted by atomic mass is 16.5. The third-order valence-electron chi connectivity index (χ3n) is 2.49. The fraction of sp³-hybridized carbons (Fsp3) is 1.00. The van der Waals surface area contributed by atoms with Crippen molar-refractivity contribution in [3.63, 3.8) is 0 Å². The molecule has 0 aromatic heterocycles. The van der Waals surface area contributed by atoms with E-state index >= 15 is 0 Å². The Kier molecular flexibility index (Phi) is 4.58. The van der Waals surface area contributed by atoms with Crippen LogP contribution in [0.15, 0.2) is 0 Å². The Morgan fingerprint density at radius 3 is 3.00 bits per heavy atom. The summed E-state index contributed by atoms with van der Waals surface area (Å²) in [4.78, 5) is 2.39. The van der Waals surface area contributed by atoms with Gasteiger partial charge in [0.1, 0.15) is 0 Å². The van der Waals surface area contributed by atoms with Gasteiger partial charge < -0.3 is 15.4 Å². The maximum Gasteiger partial charge on any atom is 0.0622 e. The van der Waals surface area contributed by atoms with E-state index in [4.69, 9.17) is 10.5 Å². The van der Waals surface area contributed by atoms with Gasteiger partial charge in [-0.1, -0.05) is 6.42 Å². The minimum Gasteiger partial charge on any atom is -0.379 e. The van der Waals surface area contributed by atoms with Gasteiger partial charge in [0.15, 0.2) is 0 Å². The number of hydrogen-bond donors (Lipinski definition) is 1. The van der Waals surface area contributed by atoms with E-state index in [9.17, 15) is 0 Å². The number of nitrogens with two attached hydrogens (primary N) is 1. The van der Waals surface area contributed by atoms with E-state index in [1.807, 2.05) is 0 Å². The molecule has 1 aliphatic heterocycles. The van der Waals surface area contributed by atoms with Crippen molar-refractivity contribution in [3.8, 4) is 0 Å². The summed E-state index contributed by atoms with van der Waals surface area (Å²) >= 11 is 0. The number of nitrogens with zero attached hydrogens (tertiary/aromatic N) is 1. The van der Waals surface area contributed by atoms with Gasteiger partial charge in [-0.3, -0.25) is 0 Å². The van der Waals surface area contributed by atoms with E-state index in [-0.39, 0.29) is 0 Å². The first-order chi connectivity index (χ1) is 5.84. The van der Waals surface area contributed by atoms with E-state index in [1.165, 1.54) is 25.8 Å². The summed E-state index contributed by atoms with van der Waals surface area (Å²) in [6, 6.07) is 0.630. The molecule has 1 heterocycles. The number of hydrogen-bond acceptors (Lipinski definition) is 3. The number of rotatable bonds is 4. The molecule has 1 rings (SSSR count). The molecule has 0 aliphatic carbocycles. The molecular weight excluding hydrogens is 152 g/mol. The SMILES string of the molecule is CN1CCCCC1COCCN. The fourth-order valence-corrected chi connectivity index (χ4v) is 1.66. The quantitative estimate of drug-likeness (QED) is 0.626. The Morgan fingerprint density at radius 2 is 2.33 bits per heavy atom. The van der Waals surface area contributed by atoms with Gasteiger partial charge in [0, 0.05) is 12.6 Å². The lowest BCUT2D eigenvalue weighted by atomic mass is 10.0. The highest BCUT2D eigenvalue weighted by molar-refractivity contribution is 4.73. The van der Waals surface area contributed by atoms with Gasteiger partial charge in [-0.2, -0.15) is 0 Å². The molecule has 2 N–H and O–H groups in total. The standard InChI is InChI=1S/C9H20N2O/c1-11-6-3-2-4-9(11)8-12-7-5-10/h9H,2-8,10H2,1H3. The summed E-state index contributed by atoms with van der Waals surface area (Å²) in [5.41, 5.74) is 5.34. The summed E-state index contributed by atoms with van der Waals surface area (Å²) in [5.74, 6) is 0. The molecule has 0 aromatic carbocycles. The highest BCUT2D eigenvalue weighted by Gasteiger charge is 2.18. The predicted octanol–water partition coefficient (Wildman–Crippen LogP) is 0.446. The Bertz CT molecular complexity index is 119. The van der Waals surface area contributed by atoms with Crippen LogP contribution in [0.4, 0.5) is 0 Å². The average Bonchev–Trinajstić information content (AvgIpc) is 2.09. The van der Waals surface area contributed by atoms with Gasteiger partial charge in [-0.05, 0) is 26.4 Å². The molecule has 0 amide bonds.